The summed E-state index contributed by atoms with van der Waals surface area (Å²) in [4.78, 5) is 19.0. The maximum atomic E-state index is 13.2. The molecule has 0 atom stereocenters. The summed E-state index contributed by atoms with van der Waals surface area (Å²) in [6.07, 6.45) is 5.97. The predicted octanol–water partition coefficient (Wildman–Crippen LogP) is 3.48. The van der Waals surface area contributed by atoms with Gasteiger partial charge in [-0.1, -0.05) is 12.5 Å². The molecule has 31 heavy (non-hydrogen) atoms. The Balaban J connectivity index is 1.30. The van der Waals surface area contributed by atoms with Gasteiger partial charge in [0.1, 0.15) is 0 Å². The summed E-state index contributed by atoms with van der Waals surface area (Å²) in [5, 5.41) is 2.08. The van der Waals surface area contributed by atoms with Gasteiger partial charge in [0.2, 0.25) is 15.9 Å². The van der Waals surface area contributed by atoms with Gasteiger partial charge in [-0.25, -0.2) is 8.42 Å². The molecule has 166 valence electrons. The number of carbonyl (C=O) groups is 1. The Morgan fingerprint density at radius 2 is 1.90 bits per heavy atom. The molecule has 1 saturated heterocycles. The van der Waals surface area contributed by atoms with E-state index >= 15 is 0 Å². The minimum Gasteiger partial charge on any atom is -0.311 e. The Labute approximate surface area is 188 Å². The van der Waals surface area contributed by atoms with E-state index in [2.05, 4.69) is 22.4 Å². The molecule has 2 fully saturated rings. The summed E-state index contributed by atoms with van der Waals surface area (Å²) >= 11 is 1.73. The number of hydrogen-bond donors (Lipinski definition) is 0. The zero-order valence-electron chi connectivity index (χ0n) is 17.7. The Morgan fingerprint density at radius 3 is 2.61 bits per heavy atom. The molecule has 2 aromatic rings. The average Bonchev–Trinajstić information content (AvgIpc) is 3.34. The van der Waals surface area contributed by atoms with E-state index in [0.29, 0.717) is 43.5 Å². The van der Waals surface area contributed by atoms with Crippen LogP contribution in [-0.2, 0) is 27.8 Å². The molecule has 0 N–H and O–H groups in total. The molecular weight excluding hydrogens is 430 g/mol. The maximum absolute atomic E-state index is 13.2. The average molecular weight is 460 g/mol. The smallest absolute Gasteiger partial charge is 0.243 e. The number of amides is 1. The van der Waals surface area contributed by atoms with Crippen LogP contribution < -0.4 is 4.90 Å². The Bertz CT molecular complexity index is 1040. The highest BCUT2D eigenvalue weighted by Crippen LogP contribution is 2.33. The van der Waals surface area contributed by atoms with Gasteiger partial charge in [-0.2, -0.15) is 4.31 Å². The molecule has 3 heterocycles. The second-order valence-corrected chi connectivity index (χ2v) is 11.7. The van der Waals surface area contributed by atoms with Crippen LogP contribution in [0.3, 0.4) is 0 Å². The van der Waals surface area contributed by atoms with Gasteiger partial charge in [-0.3, -0.25) is 9.69 Å². The standard InChI is InChI=1S/C23H29N3O3S2/c27-23(17-24(19-6-7-19)16-20-5-4-14-30-20)26-13-10-18-15-21(8-9-22(18)26)31(28,29)25-11-2-1-3-12-25/h4-5,8-9,14-15,19H,1-3,6-7,10-13,16-17H2. The number of carbonyl (C=O) groups excluding carboxylic acids is 1. The summed E-state index contributed by atoms with van der Waals surface area (Å²) in [6, 6.07) is 9.98. The van der Waals surface area contributed by atoms with Gasteiger partial charge in [0.25, 0.3) is 0 Å². The SMILES string of the molecule is O=C(CN(Cc1cccs1)C1CC1)N1CCc2cc(S(=O)(=O)N3CCCCC3)ccc21. The molecule has 6 nitrogen and oxygen atoms in total. The van der Waals surface area contributed by atoms with Crippen molar-refractivity contribution < 1.29 is 13.2 Å². The lowest BCUT2D eigenvalue weighted by atomic mass is 10.2. The van der Waals surface area contributed by atoms with Crippen molar-refractivity contribution >= 4 is 33.0 Å². The number of nitrogens with zero attached hydrogens (tertiary/aromatic N) is 3. The minimum absolute atomic E-state index is 0.105. The van der Waals surface area contributed by atoms with Crippen molar-refractivity contribution in [2.45, 2.75) is 56.0 Å². The van der Waals surface area contributed by atoms with Crippen molar-refractivity contribution in [1.29, 1.82) is 0 Å². The normalized spacial score (nSPS) is 19.7. The van der Waals surface area contributed by atoms with E-state index in [1.54, 1.807) is 27.8 Å². The molecule has 1 amide bonds. The van der Waals surface area contributed by atoms with Crippen LogP contribution in [0.25, 0.3) is 0 Å². The number of anilines is 1. The van der Waals surface area contributed by atoms with Gasteiger partial charge < -0.3 is 4.90 Å². The van der Waals surface area contributed by atoms with Crippen molar-refractivity contribution in [2.24, 2.45) is 0 Å². The van der Waals surface area contributed by atoms with Crippen LogP contribution in [0, 0.1) is 0 Å². The Morgan fingerprint density at radius 1 is 1.10 bits per heavy atom. The molecule has 1 saturated carbocycles. The van der Waals surface area contributed by atoms with E-state index < -0.39 is 10.0 Å². The molecule has 0 bridgehead atoms. The molecule has 0 unspecified atom stereocenters. The lowest BCUT2D eigenvalue weighted by molar-refractivity contribution is -0.119. The molecular formula is C23H29N3O3S2. The Kier molecular flexibility index (Phi) is 5.90. The van der Waals surface area contributed by atoms with Gasteiger partial charge in [-0.15, -0.1) is 11.3 Å². The maximum Gasteiger partial charge on any atom is 0.243 e. The Hall–Kier alpha value is -1.74. The lowest BCUT2D eigenvalue weighted by Crippen LogP contribution is -2.40. The molecule has 2 aliphatic heterocycles. The van der Waals surface area contributed by atoms with Gasteiger partial charge in [0.15, 0.2) is 0 Å². The van der Waals surface area contributed by atoms with Crippen molar-refractivity contribution in [3.05, 3.63) is 46.2 Å². The molecule has 0 radical (unpaired) electrons. The third-order valence-corrected chi connectivity index (χ3v) is 9.30. The number of hydrogen-bond acceptors (Lipinski definition) is 5. The summed E-state index contributed by atoms with van der Waals surface area (Å²) in [5.74, 6) is 0.105. The monoisotopic (exact) mass is 459 g/mol. The molecule has 3 aliphatic rings. The zero-order valence-corrected chi connectivity index (χ0v) is 19.3. The fourth-order valence-corrected chi connectivity index (χ4v) is 6.97. The number of sulfonamides is 1. The third kappa shape index (κ3) is 4.44. The van der Waals surface area contributed by atoms with Crippen LogP contribution >= 0.6 is 11.3 Å². The highest BCUT2D eigenvalue weighted by molar-refractivity contribution is 7.89. The number of fused-ring (bicyclic) bond motifs is 1. The zero-order chi connectivity index (χ0) is 21.4. The van der Waals surface area contributed by atoms with Crippen LogP contribution in [0.2, 0.25) is 0 Å². The molecule has 1 aromatic carbocycles. The van der Waals surface area contributed by atoms with E-state index in [4.69, 9.17) is 0 Å². The fourth-order valence-electron chi connectivity index (χ4n) is 4.67. The largest absolute Gasteiger partial charge is 0.311 e. The molecule has 0 spiro atoms. The second kappa shape index (κ2) is 8.65. The highest BCUT2D eigenvalue weighted by atomic mass is 32.2. The van der Waals surface area contributed by atoms with Crippen LogP contribution in [0.4, 0.5) is 5.69 Å². The number of benzene rings is 1. The van der Waals surface area contributed by atoms with Crippen molar-refractivity contribution in [3.8, 4) is 0 Å². The van der Waals surface area contributed by atoms with Gasteiger partial charge >= 0.3 is 0 Å². The molecule has 1 aromatic heterocycles. The van der Waals surface area contributed by atoms with Gasteiger partial charge in [0, 0.05) is 42.8 Å². The second-order valence-electron chi connectivity index (χ2n) is 8.77. The first kappa shape index (κ1) is 21.1. The topological polar surface area (TPSA) is 60.9 Å². The number of piperidine rings is 1. The van der Waals surface area contributed by atoms with E-state index in [-0.39, 0.29) is 5.91 Å². The minimum atomic E-state index is -3.45. The van der Waals surface area contributed by atoms with E-state index in [9.17, 15) is 13.2 Å². The molecule has 5 rings (SSSR count). The number of rotatable bonds is 7. The van der Waals surface area contributed by atoms with Gasteiger partial charge in [0.05, 0.1) is 11.4 Å². The lowest BCUT2D eigenvalue weighted by Gasteiger charge is -2.26. The van der Waals surface area contributed by atoms with Crippen molar-refractivity contribution in [3.63, 3.8) is 0 Å². The van der Waals surface area contributed by atoms with E-state index in [0.717, 1.165) is 49.9 Å². The van der Waals surface area contributed by atoms with E-state index in [1.165, 1.54) is 4.88 Å². The first-order valence-electron chi connectivity index (χ1n) is 11.2. The van der Waals surface area contributed by atoms with Crippen LogP contribution in [0.15, 0.2) is 40.6 Å². The summed E-state index contributed by atoms with van der Waals surface area (Å²) < 4.78 is 27.6. The molecule has 1 aliphatic carbocycles. The predicted molar refractivity (Wildman–Crippen MR) is 123 cm³/mol. The first-order valence-corrected chi connectivity index (χ1v) is 13.5. The highest BCUT2D eigenvalue weighted by Gasteiger charge is 2.34. The molecule has 8 heteroatoms. The van der Waals surface area contributed by atoms with Crippen molar-refractivity contribution in [1.82, 2.24) is 9.21 Å². The van der Waals surface area contributed by atoms with Crippen LogP contribution in [0.1, 0.15) is 42.5 Å². The van der Waals surface area contributed by atoms with Crippen LogP contribution in [0.5, 0.6) is 0 Å². The van der Waals surface area contributed by atoms with E-state index in [1.807, 2.05) is 11.0 Å². The first-order chi connectivity index (χ1) is 15.0. The number of thiophene rings is 1. The van der Waals surface area contributed by atoms with Gasteiger partial charge in [-0.05, 0) is 67.3 Å². The summed E-state index contributed by atoms with van der Waals surface area (Å²) in [5.41, 5.74) is 1.83. The third-order valence-electron chi connectivity index (χ3n) is 6.54. The summed E-state index contributed by atoms with van der Waals surface area (Å²) in [7, 11) is -3.45. The quantitative estimate of drug-likeness (QED) is 0.636. The van der Waals surface area contributed by atoms with Crippen molar-refractivity contribution in [2.75, 3.05) is 31.1 Å². The fraction of sp³-hybridized carbons (Fsp3) is 0.522. The summed E-state index contributed by atoms with van der Waals surface area (Å²) in [6.45, 7) is 3.06. The van der Waals surface area contributed by atoms with Crippen LogP contribution in [-0.4, -0.2) is 55.8 Å².